The molecule has 0 fully saturated rings. The number of benzene rings is 6. The van der Waals surface area contributed by atoms with Gasteiger partial charge in [-0.2, -0.15) is 0 Å². The van der Waals surface area contributed by atoms with E-state index in [9.17, 15) is 0 Å². The van der Waals surface area contributed by atoms with Crippen molar-refractivity contribution in [1.82, 2.24) is 24.5 Å². The molecular formula is C40H25N5S. The molecule has 0 aliphatic carbocycles. The van der Waals surface area contributed by atoms with Gasteiger partial charge in [-0.25, -0.2) is 19.9 Å². The molecule has 5 nitrogen and oxygen atoms in total. The summed E-state index contributed by atoms with van der Waals surface area (Å²) in [7, 11) is 0. The molecule has 0 N–H and O–H groups in total. The lowest BCUT2D eigenvalue weighted by Crippen LogP contribution is -2.01. The number of thiazole rings is 1. The summed E-state index contributed by atoms with van der Waals surface area (Å²) >= 11 is 1.73. The van der Waals surface area contributed by atoms with E-state index < -0.39 is 0 Å². The average Bonchev–Trinajstić information content (AvgIpc) is 3.72. The summed E-state index contributed by atoms with van der Waals surface area (Å²) in [6.07, 6.45) is 0. The predicted octanol–water partition coefficient (Wildman–Crippen LogP) is 10.2. The van der Waals surface area contributed by atoms with Gasteiger partial charge in [0.25, 0.3) is 0 Å². The fourth-order valence-electron chi connectivity index (χ4n) is 6.18. The number of rotatable bonds is 5. The number of para-hydroxylation sites is 2. The van der Waals surface area contributed by atoms with Crippen LogP contribution in [0.3, 0.4) is 0 Å². The third-order valence-electron chi connectivity index (χ3n) is 8.28. The van der Waals surface area contributed by atoms with Crippen molar-refractivity contribution in [3.05, 3.63) is 152 Å². The van der Waals surface area contributed by atoms with Crippen LogP contribution in [0.2, 0.25) is 0 Å². The first kappa shape index (κ1) is 26.4. The molecule has 0 atom stereocenters. The number of hydrogen-bond donors (Lipinski definition) is 0. The zero-order valence-corrected chi connectivity index (χ0v) is 25.4. The molecule has 3 heterocycles. The summed E-state index contributed by atoms with van der Waals surface area (Å²) in [4.78, 5) is 19.9. The molecule has 9 aromatic rings. The Hall–Kier alpha value is -5.98. The Labute approximate surface area is 269 Å². The van der Waals surface area contributed by atoms with Crippen molar-refractivity contribution in [3.63, 3.8) is 0 Å². The molecule has 216 valence electrons. The minimum absolute atomic E-state index is 0.630. The van der Waals surface area contributed by atoms with Gasteiger partial charge in [0.05, 0.1) is 21.3 Å². The zero-order valence-electron chi connectivity index (χ0n) is 24.6. The van der Waals surface area contributed by atoms with Crippen molar-refractivity contribution < 1.29 is 0 Å². The molecule has 0 unspecified atom stereocenters. The second kappa shape index (κ2) is 10.9. The molecule has 0 saturated carbocycles. The third kappa shape index (κ3) is 4.47. The lowest BCUT2D eigenvalue weighted by atomic mass is 10.1. The Morgan fingerprint density at radius 3 is 1.78 bits per heavy atom. The summed E-state index contributed by atoms with van der Waals surface area (Å²) in [5, 5.41) is 3.41. The monoisotopic (exact) mass is 607 g/mol. The predicted molar refractivity (Wildman–Crippen MR) is 189 cm³/mol. The molecule has 46 heavy (non-hydrogen) atoms. The van der Waals surface area contributed by atoms with Crippen LogP contribution in [0.15, 0.2) is 152 Å². The molecule has 0 bridgehead atoms. The fraction of sp³-hybridized carbons (Fsp3) is 0. The second-order valence-electron chi connectivity index (χ2n) is 11.1. The molecule has 0 spiro atoms. The highest BCUT2D eigenvalue weighted by Crippen LogP contribution is 2.41. The maximum atomic E-state index is 5.03. The number of aromatic nitrogens is 5. The van der Waals surface area contributed by atoms with Gasteiger partial charge < -0.3 is 4.57 Å². The van der Waals surface area contributed by atoms with Crippen LogP contribution in [0.4, 0.5) is 0 Å². The van der Waals surface area contributed by atoms with Gasteiger partial charge in [0.15, 0.2) is 17.5 Å². The molecule has 0 amide bonds. The highest BCUT2D eigenvalue weighted by atomic mass is 32.1. The minimum Gasteiger partial charge on any atom is -0.309 e. The SMILES string of the molecule is c1ccc(-c2nc(-c3ccccc3)nc(-c3cccc(-n4c5ccccc5c5c(-c6nc7ccccc7s6)cccc54)c3)n2)cc1. The van der Waals surface area contributed by atoms with Crippen LogP contribution in [0.5, 0.6) is 0 Å². The quantitative estimate of drug-likeness (QED) is 0.195. The first-order valence-corrected chi connectivity index (χ1v) is 16.0. The maximum absolute atomic E-state index is 5.03. The van der Waals surface area contributed by atoms with Crippen molar-refractivity contribution in [3.8, 4) is 50.4 Å². The van der Waals surface area contributed by atoms with E-state index in [1.54, 1.807) is 11.3 Å². The van der Waals surface area contributed by atoms with E-state index in [2.05, 4.69) is 89.5 Å². The first-order valence-electron chi connectivity index (χ1n) is 15.2. The van der Waals surface area contributed by atoms with Crippen molar-refractivity contribution in [2.75, 3.05) is 0 Å². The molecule has 6 heteroatoms. The van der Waals surface area contributed by atoms with Gasteiger partial charge in [-0.15, -0.1) is 11.3 Å². The van der Waals surface area contributed by atoms with Gasteiger partial charge in [0.2, 0.25) is 0 Å². The maximum Gasteiger partial charge on any atom is 0.164 e. The van der Waals surface area contributed by atoms with E-state index in [-0.39, 0.29) is 0 Å². The van der Waals surface area contributed by atoms with E-state index in [4.69, 9.17) is 19.9 Å². The highest BCUT2D eigenvalue weighted by Gasteiger charge is 2.19. The molecule has 9 rings (SSSR count). The fourth-order valence-corrected chi connectivity index (χ4v) is 7.18. The Bertz CT molecular complexity index is 2440. The summed E-state index contributed by atoms with van der Waals surface area (Å²) in [5.41, 5.74) is 8.28. The summed E-state index contributed by atoms with van der Waals surface area (Å²) in [5.74, 6) is 1.92. The van der Waals surface area contributed by atoms with Crippen molar-refractivity contribution >= 4 is 43.4 Å². The van der Waals surface area contributed by atoms with E-state index in [1.165, 1.54) is 15.5 Å². The standard InChI is InChI=1S/C40H25N5S/c1-3-13-26(14-4-1)37-42-38(27-15-5-2-6-16-27)44-39(43-37)28-17-11-18-29(25-28)45-33-22-9-7-19-30(33)36-31(20-12-23-34(36)45)40-41-32-21-8-10-24-35(32)46-40/h1-25H. The topological polar surface area (TPSA) is 56.5 Å². The molecule has 0 radical (unpaired) electrons. The van der Waals surface area contributed by atoms with Crippen LogP contribution in [-0.2, 0) is 0 Å². The lowest BCUT2D eigenvalue weighted by molar-refractivity contribution is 1.07. The van der Waals surface area contributed by atoms with Crippen molar-refractivity contribution in [2.45, 2.75) is 0 Å². The summed E-state index contributed by atoms with van der Waals surface area (Å²) < 4.78 is 3.52. The Balaban J connectivity index is 1.24. The molecule has 6 aromatic carbocycles. The largest absolute Gasteiger partial charge is 0.309 e. The highest BCUT2D eigenvalue weighted by molar-refractivity contribution is 7.21. The number of fused-ring (bicyclic) bond motifs is 4. The Morgan fingerprint density at radius 1 is 0.457 bits per heavy atom. The second-order valence-corrected chi connectivity index (χ2v) is 12.2. The summed E-state index contributed by atoms with van der Waals surface area (Å²) in [6, 6.07) is 52.1. The van der Waals surface area contributed by atoms with Gasteiger partial charge in [0, 0.05) is 38.7 Å². The van der Waals surface area contributed by atoms with Crippen LogP contribution in [0, 0.1) is 0 Å². The molecular weight excluding hydrogens is 583 g/mol. The average molecular weight is 608 g/mol. The van der Waals surface area contributed by atoms with E-state index >= 15 is 0 Å². The van der Waals surface area contributed by atoms with E-state index in [0.29, 0.717) is 17.5 Å². The molecule has 0 aliphatic heterocycles. The molecule has 0 saturated heterocycles. The third-order valence-corrected chi connectivity index (χ3v) is 9.35. The van der Waals surface area contributed by atoms with E-state index in [0.717, 1.165) is 49.5 Å². The molecule has 3 aromatic heterocycles. The number of nitrogens with zero attached hydrogens (tertiary/aromatic N) is 5. The Kier molecular flexibility index (Phi) is 6.25. The number of hydrogen-bond acceptors (Lipinski definition) is 5. The van der Waals surface area contributed by atoms with Crippen LogP contribution >= 0.6 is 11.3 Å². The normalized spacial score (nSPS) is 11.5. The van der Waals surface area contributed by atoms with Gasteiger partial charge in [-0.1, -0.05) is 115 Å². The zero-order chi connectivity index (χ0) is 30.5. The smallest absolute Gasteiger partial charge is 0.164 e. The minimum atomic E-state index is 0.630. The molecule has 0 aliphatic rings. The van der Waals surface area contributed by atoms with Crippen LogP contribution < -0.4 is 0 Å². The van der Waals surface area contributed by atoms with Gasteiger partial charge in [-0.05, 0) is 36.4 Å². The summed E-state index contributed by atoms with van der Waals surface area (Å²) in [6.45, 7) is 0. The lowest BCUT2D eigenvalue weighted by Gasteiger charge is -2.11. The van der Waals surface area contributed by atoms with Crippen molar-refractivity contribution in [2.24, 2.45) is 0 Å². The van der Waals surface area contributed by atoms with Crippen LogP contribution in [0.25, 0.3) is 82.4 Å². The van der Waals surface area contributed by atoms with E-state index in [1.807, 2.05) is 66.7 Å². The van der Waals surface area contributed by atoms with Crippen LogP contribution in [0.1, 0.15) is 0 Å². The van der Waals surface area contributed by atoms with Gasteiger partial charge in [-0.3, -0.25) is 0 Å². The van der Waals surface area contributed by atoms with Gasteiger partial charge in [0.1, 0.15) is 5.01 Å². The first-order chi connectivity index (χ1) is 22.8. The van der Waals surface area contributed by atoms with Gasteiger partial charge >= 0.3 is 0 Å². The van der Waals surface area contributed by atoms with Crippen molar-refractivity contribution in [1.29, 1.82) is 0 Å². The Morgan fingerprint density at radius 2 is 1.04 bits per heavy atom. The van der Waals surface area contributed by atoms with Crippen LogP contribution in [-0.4, -0.2) is 24.5 Å².